The molecule has 2 amide bonds. The van der Waals surface area contributed by atoms with Gasteiger partial charge in [-0.2, -0.15) is 0 Å². The van der Waals surface area contributed by atoms with Gasteiger partial charge in [0.2, 0.25) is 11.8 Å². The average Bonchev–Trinajstić information content (AvgIpc) is 2.52. The van der Waals surface area contributed by atoms with Crippen molar-refractivity contribution < 1.29 is 14.3 Å². The minimum Gasteiger partial charge on any atom is -0.455 e. The molecule has 0 saturated carbocycles. The molecule has 2 rings (SSSR count). The number of amides is 2. The largest absolute Gasteiger partial charge is 0.455 e. The second-order valence-corrected chi connectivity index (χ2v) is 6.79. The van der Waals surface area contributed by atoms with Crippen LogP contribution in [0.4, 0.5) is 5.69 Å². The molecular weight excluding hydrogens is 316 g/mol. The third-order valence-electron chi connectivity index (χ3n) is 3.32. The minimum absolute atomic E-state index is 0.0677. The van der Waals surface area contributed by atoms with Crippen molar-refractivity contribution in [2.45, 2.75) is 33.2 Å². The molecule has 0 fully saturated rings. The highest BCUT2D eigenvalue weighted by Gasteiger charge is 2.22. The highest BCUT2D eigenvalue weighted by Crippen LogP contribution is 2.32. The van der Waals surface area contributed by atoms with Gasteiger partial charge in [0.05, 0.1) is 5.69 Å². The fourth-order valence-electron chi connectivity index (χ4n) is 2.35. The van der Waals surface area contributed by atoms with Gasteiger partial charge in [0.1, 0.15) is 12.3 Å². The van der Waals surface area contributed by atoms with E-state index in [1.54, 1.807) is 12.1 Å². The number of para-hydroxylation sites is 3. The van der Waals surface area contributed by atoms with Crippen LogP contribution < -0.4 is 15.0 Å². The van der Waals surface area contributed by atoms with Gasteiger partial charge in [-0.05, 0) is 45.0 Å². The molecule has 25 heavy (non-hydrogen) atoms. The van der Waals surface area contributed by atoms with E-state index in [1.807, 2.05) is 63.2 Å². The molecule has 1 N–H and O–H groups in total. The Balaban J connectivity index is 2.26. The molecule has 2 aromatic carbocycles. The van der Waals surface area contributed by atoms with Crippen molar-refractivity contribution in [3.05, 3.63) is 54.6 Å². The number of nitrogens with one attached hydrogen (secondary N) is 1. The van der Waals surface area contributed by atoms with Crippen molar-refractivity contribution in [1.82, 2.24) is 5.32 Å². The van der Waals surface area contributed by atoms with Crippen LogP contribution in [0.15, 0.2) is 54.6 Å². The Morgan fingerprint density at radius 2 is 1.60 bits per heavy atom. The standard InChI is InChI=1S/C20H24N2O3/c1-15(23)22(14-19(24)21-20(2,3)4)17-12-8-9-13-18(17)25-16-10-6-5-7-11-16/h5-13H,14H2,1-4H3,(H,21,24). The summed E-state index contributed by atoms with van der Waals surface area (Å²) in [7, 11) is 0. The summed E-state index contributed by atoms with van der Waals surface area (Å²) in [5.74, 6) is 0.732. The Kier molecular flexibility index (Phi) is 5.80. The van der Waals surface area contributed by atoms with Crippen LogP contribution in [-0.2, 0) is 9.59 Å². The highest BCUT2D eigenvalue weighted by atomic mass is 16.5. The van der Waals surface area contributed by atoms with Crippen molar-refractivity contribution in [2.75, 3.05) is 11.4 Å². The van der Waals surface area contributed by atoms with Crippen LogP contribution >= 0.6 is 0 Å². The number of carbonyl (C=O) groups is 2. The lowest BCUT2D eigenvalue weighted by Gasteiger charge is -2.26. The first-order valence-electron chi connectivity index (χ1n) is 8.17. The molecule has 0 aliphatic rings. The summed E-state index contributed by atoms with van der Waals surface area (Å²) in [4.78, 5) is 25.8. The van der Waals surface area contributed by atoms with Gasteiger partial charge in [-0.15, -0.1) is 0 Å². The van der Waals surface area contributed by atoms with E-state index in [-0.39, 0.29) is 23.9 Å². The zero-order chi connectivity index (χ0) is 18.4. The van der Waals surface area contributed by atoms with Gasteiger partial charge in [-0.3, -0.25) is 14.5 Å². The predicted octanol–water partition coefficient (Wildman–Crippen LogP) is 3.75. The predicted molar refractivity (Wildman–Crippen MR) is 98.9 cm³/mol. The third-order valence-corrected chi connectivity index (χ3v) is 3.32. The van der Waals surface area contributed by atoms with E-state index in [0.717, 1.165) is 0 Å². The lowest BCUT2D eigenvalue weighted by atomic mass is 10.1. The Labute approximate surface area is 148 Å². The molecular formula is C20H24N2O3. The number of nitrogens with zero attached hydrogens (tertiary/aromatic N) is 1. The molecule has 0 saturated heterocycles. The van der Waals surface area contributed by atoms with Crippen LogP contribution in [0, 0.1) is 0 Å². The summed E-state index contributed by atoms with van der Waals surface area (Å²) in [6, 6.07) is 16.5. The number of carbonyl (C=O) groups excluding carboxylic acids is 2. The molecule has 0 bridgehead atoms. The topological polar surface area (TPSA) is 58.6 Å². The summed E-state index contributed by atoms with van der Waals surface area (Å²) in [6.07, 6.45) is 0. The summed E-state index contributed by atoms with van der Waals surface area (Å²) in [6.45, 7) is 7.06. The molecule has 0 radical (unpaired) electrons. The van der Waals surface area contributed by atoms with Crippen molar-refractivity contribution in [3.8, 4) is 11.5 Å². The average molecular weight is 340 g/mol. The van der Waals surface area contributed by atoms with E-state index in [9.17, 15) is 9.59 Å². The van der Waals surface area contributed by atoms with Crippen molar-refractivity contribution in [1.29, 1.82) is 0 Å². The van der Waals surface area contributed by atoms with Crippen LogP contribution in [-0.4, -0.2) is 23.9 Å². The second kappa shape index (κ2) is 7.83. The van der Waals surface area contributed by atoms with Crippen LogP contribution in [0.25, 0.3) is 0 Å². The normalized spacial score (nSPS) is 10.9. The molecule has 132 valence electrons. The Bertz CT molecular complexity index is 736. The maximum atomic E-state index is 12.3. The van der Waals surface area contributed by atoms with E-state index < -0.39 is 0 Å². The molecule has 2 aromatic rings. The summed E-state index contributed by atoms with van der Waals surface area (Å²) in [5, 5.41) is 2.87. The van der Waals surface area contributed by atoms with Crippen LogP contribution in [0.2, 0.25) is 0 Å². The van der Waals surface area contributed by atoms with Gasteiger partial charge in [-0.25, -0.2) is 0 Å². The molecule has 0 heterocycles. The summed E-state index contributed by atoms with van der Waals surface area (Å²) < 4.78 is 5.90. The smallest absolute Gasteiger partial charge is 0.240 e. The van der Waals surface area contributed by atoms with Gasteiger partial charge >= 0.3 is 0 Å². The third kappa shape index (κ3) is 5.64. The van der Waals surface area contributed by atoms with E-state index in [4.69, 9.17) is 4.74 Å². The Morgan fingerprint density at radius 1 is 1.00 bits per heavy atom. The number of hydrogen-bond acceptors (Lipinski definition) is 3. The van der Waals surface area contributed by atoms with Gasteiger partial charge in [0.15, 0.2) is 5.75 Å². The first-order valence-corrected chi connectivity index (χ1v) is 8.17. The van der Waals surface area contributed by atoms with E-state index in [2.05, 4.69) is 5.32 Å². The Morgan fingerprint density at radius 3 is 2.20 bits per heavy atom. The van der Waals surface area contributed by atoms with E-state index >= 15 is 0 Å². The molecule has 5 nitrogen and oxygen atoms in total. The first kappa shape index (κ1) is 18.5. The summed E-state index contributed by atoms with van der Waals surface area (Å²) >= 11 is 0. The van der Waals surface area contributed by atoms with Crippen molar-refractivity contribution in [3.63, 3.8) is 0 Å². The van der Waals surface area contributed by atoms with E-state index in [1.165, 1.54) is 11.8 Å². The molecule has 0 spiro atoms. The van der Waals surface area contributed by atoms with Gasteiger partial charge in [-0.1, -0.05) is 30.3 Å². The molecule has 0 aliphatic carbocycles. The van der Waals surface area contributed by atoms with Gasteiger partial charge < -0.3 is 10.1 Å². The number of ether oxygens (including phenoxy) is 1. The number of benzene rings is 2. The lowest BCUT2D eigenvalue weighted by molar-refractivity contribution is -0.124. The lowest BCUT2D eigenvalue weighted by Crippen LogP contribution is -2.47. The van der Waals surface area contributed by atoms with Crippen molar-refractivity contribution in [2.24, 2.45) is 0 Å². The second-order valence-electron chi connectivity index (χ2n) is 6.79. The van der Waals surface area contributed by atoms with Crippen molar-refractivity contribution >= 4 is 17.5 Å². The van der Waals surface area contributed by atoms with Gasteiger partial charge in [0, 0.05) is 12.5 Å². The first-order chi connectivity index (χ1) is 11.8. The zero-order valence-corrected chi connectivity index (χ0v) is 15.1. The SMILES string of the molecule is CC(=O)N(CC(=O)NC(C)(C)C)c1ccccc1Oc1ccccc1. The fraction of sp³-hybridized carbons (Fsp3) is 0.300. The summed E-state index contributed by atoms with van der Waals surface area (Å²) in [5.41, 5.74) is 0.197. The zero-order valence-electron chi connectivity index (χ0n) is 15.1. The molecule has 5 heteroatoms. The minimum atomic E-state index is -0.362. The van der Waals surface area contributed by atoms with Gasteiger partial charge in [0.25, 0.3) is 0 Å². The van der Waals surface area contributed by atoms with Crippen LogP contribution in [0.5, 0.6) is 11.5 Å². The number of anilines is 1. The van der Waals surface area contributed by atoms with E-state index in [0.29, 0.717) is 17.2 Å². The highest BCUT2D eigenvalue weighted by molar-refractivity contribution is 5.98. The van der Waals surface area contributed by atoms with Crippen LogP contribution in [0.3, 0.4) is 0 Å². The number of hydrogen-bond donors (Lipinski definition) is 1. The van der Waals surface area contributed by atoms with Crippen LogP contribution in [0.1, 0.15) is 27.7 Å². The fourth-order valence-corrected chi connectivity index (χ4v) is 2.35. The maximum Gasteiger partial charge on any atom is 0.240 e. The quantitative estimate of drug-likeness (QED) is 0.902. The molecule has 0 unspecified atom stereocenters. The monoisotopic (exact) mass is 340 g/mol. The molecule has 0 atom stereocenters. The molecule has 0 aliphatic heterocycles. The maximum absolute atomic E-state index is 12.3. The molecule has 0 aromatic heterocycles. The number of rotatable bonds is 5. The Hall–Kier alpha value is -2.82.